The highest BCUT2D eigenvalue weighted by molar-refractivity contribution is 7.89. The van der Waals surface area contributed by atoms with Gasteiger partial charge in [0.15, 0.2) is 5.96 Å². The van der Waals surface area contributed by atoms with Crippen LogP contribution in [0, 0.1) is 0 Å². The van der Waals surface area contributed by atoms with E-state index in [1.165, 1.54) is 0 Å². The molecule has 0 aromatic heterocycles. The quantitative estimate of drug-likeness (QED) is 0.379. The van der Waals surface area contributed by atoms with Crippen LogP contribution in [0.25, 0.3) is 0 Å². The predicted octanol–water partition coefficient (Wildman–Crippen LogP) is 1.95. The normalized spacial score (nSPS) is 16.3. The lowest BCUT2D eigenvalue weighted by Crippen LogP contribution is -2.39. The van der Waals surface area contributed by atoms with Crippen molar-refractivity contribution in [3.8, 4) is 0 Å². The van der Waals surface area contributed by atoms with Crippen LogP contribution in [0.1, 0.15) is 38.2 Å². The van der Waals surface area contributed by atoms with Crippen LogP contribution in [0.5, 0.6) is 0 Å². The van der Waals surface area contributed by atoms with E-state index >= 15 is 0 Å². The molecule has 1 aromatic rings. The Balaban J connectivity index is 1.98. The van der Waals surface area contributed by atoms with Crippen molar-refractivity contribution in [1.82, 2.24) is 14.9 Å². The Labute approximate surface area is 163 Å². The van der Waals surface area contributed by atoms with E-state index in [9.17, 15) is 8.42 Å². The summed E-state index contributed by atoms with van der Waals surface area (Å²) in [6.07, 6.45) is 3.84. The van der Waals surface area contributed by atoms with Crippen molar-refractivity contribution >= 4 is 16.0 Å². The highest BCUT2D eigenvalue weighted by atomic mass is 32.2. The van der Waals surface area contributed by atoms with Crippen molar-refractivity contribution in [1.29, 1.82) is 0 Å². The maximum Gasteiger partial charge on any atom is 0.243 e. The minimum atomic E-state index is -3.46. The zero-order valence-electron chi connectivity index (χ0n) is 16.4. The number of aliphatic imine (C=N–C) groups is 1. The van der Waals surface area contributed by atoms with Crippen LogP contribution in [0.2, 0.25) is 0 Å². The van der Waals surface area contributed by atoms with Crippen LogP contribution in [0.15, 0.2) is 34.2 Å². The fraction of sp³-hybridized carbons (Fsp3) is 0.632. The predicted molar refractivity (Wildman–Crippen MR) is 108 cm³/mol. The lowest BCUT2D eigenvalue weighted by Gasteiger charge is -2.27. The van der Waals surface area contributed by atoms with E-state index in [2.05, 4.69) is 15.6 Å². The van der Waals surface area contributed by atoms with Gasteiger partial charge < -0.3 is 15.4 Å². The van der Waals surface area contributed by atoms with E-state index in [-0.39, 0.29) is 0 Å². The van der Waals surface area contributed by atoms with Crippen LogP contribution in [-0.2, 0) is 21.3 Å². The molecule has 1 aliphatic rings. The molecule has 2 rings (SSSR count). The van der Waals surface area contributed by atoms with Crippen LogP contribution >= 0.6 is 0 Å². The first-order valence-electron chi connectivity index (χ1n) is 9.70. The third-order valence-corrected chi connectivity index (χ3v) is 6.54. The molecule has 1 aromatic carbocycles. The third-order valence-electron chi connectivity index (χ3n) is 4.54. The Morgan fingerprint density at radius 3 is 2.63 bits per heavy atom. The van der Waals surface area contributed by atoms with Crippen molar-refractivity contribution in [3.63, 3.8) is 0 Å². The molecule has 0 atom stereocenters. The van der Waals surface area contributed by atoms with Gasteiger partial charge in [0.25, 0.3) is 0 Å². The number of rotatable bonds is 9. The van der Waals surface area contributed by atoms with Crippen LogP contribution in [0.3, 0.4) is 0 Å². The van der Waals surface area contributed by atoms with Crippen molar-refractivity contribution in [3.05, 3.63) is 29.8 Å². The number of hydrogen-bond acceptors (Lipinski definition) is 4. The zero-order valence-corrected chi connectivity index (χ0v) is 17.2. The van der Waals surface area contributed by atoms with E-state index < -0.39 is 10.0 Å². The van der Waals surface area contributed by atoms with Gasteiger partial charge in [0.2, 0.25) is 10.0 Å². The van der Waals surface area contributed by atoms with E-state index in [0.29, 0.717) is 37.1 Å². The number of sulfonamides is 1. The average Bonchev–Trinajstić information content (AvgIpc) is 2.71. The summed E-state index contributed by atoms with van der Waals surface area (Å²) in [7, 11) is -1.76. The van der Waals surface area contributed by atoms with Crippen LogP contribution in [-0.4, -0.2) is 58.6 Å². The summed E-state index contributed by atoms with van der Waals surface area (Å²) >= 11 is 0. The summed E-state index contributed by atoms with van der Waals surface area (Å²) < 4.78 is 33.0. The van der Waals surface area contributed by atoms with Gasteiger partial charge in [-0.15, -0.1) is 0 Å². The molecule has 8 heteroatoms. The van der Waals surface area contributed by atoms with Crippen molar-refractivity contribution in [2.75, 3.05) is 39.9 Å². The first kappa shape index (κ1) is 21.7. The Bertz CT molecular complexity index is 701. The Hall–Kier alpha value is -1.64. The van der Waals surface area contributed by atoms with Gasteiger partial charge in [-0.2, -0.15) is 4.31 Å². The molecule has 152 valence electrons. The molecule has 0 spiro atoms. The van der Waals surface area contributed by atoms with Gasteiger partial charge in [0.1, 0.15) is 0 Å². The number of nitrogens with one attached hydrogen (secondary N) is 2. The van der Waals surface area contributed by atoms with Gasteiger partial charge in [0, 0.05) is 46.4 Å². The van der Waals surface area contributed by atoms with Gasteiger partial charge in [0.05, 0.1) is 4.90 Å². The molecule has 1 heterocycles. The topological polar surface area (TPSA) is 83.0 Å². The van der Waals surface area contributed by atoms with Crippen molar-refractivity contribution < 1.29 is 13.2 Å². The summed E-state index contributed by atoms with van der Waals surface area (Å²) in [5.74, 6) is 0.650. The Morgan fingerprint density at radius 1 is 1.19 bits per heavy atom. The molecular formula is C19H32N4O3S. The van der Waals surface area contributed by atoms with Gasteiger partial charge in [-0.05, 0) is 37.8 Å². The molecule has 2 N–H and O–H groups in total. The van der Waals surface area contributed by atoms with Gasteiger partial charge in [-0.1, -0.05) is 24.6 Å². The fourth-order valence-corrected chi connectivity index (χ4v) is 4.81. The van der Waals surface area contributed by atoms with Crippen LogP contribution < -0.4 is 10.6 Å². The number of hydrogen-bond donors (Lipinski definition) is 2. The maximum atomic E-state index is 13.0. The number of piperidine rings is 1. The second-order valence-electron chi connectivity index (χ2n) is 6.48. The van der Waals surface area contributed by atoms with E-state index in [1.807, 2.05) is 19.1 Å². The SMILES string of the molecule is CCOCCCNC(=NC)NCc1ccccc1S(=O)(=O)N1CCCCC1. The third kappa shape index (κ3) is 6.48. The lowest BCUT2D eigenvalue weighted by molar-refractivity contribution is 0.145. The van der Waals surface area contributed by atoms with Gasteiger partial charge >= 0.3 is 0 Å². The maximum absolute atomic E-state index is 13.0. The molecule has 1 saturated heterocycles. The molecule has 0 saturated carbocycles. The molecule has 0 bridgehead atoms. The van der Waals surface area contributed by atoms with Crippen molar-refractivity contribution in [2.45, 2.75) is 44.0 Å². The first-order valence-corrected chi connectivity index (χ1v) is 11.1. The molecule has 0 amide bonds. The fourth-order valence-electron chi connectivity index (χ4n) is 3.07. The highest BCUT2D eigenvalue weighted by Gasteiger charge is 2.27. The Kier molecular flexibility index (Phi) is 9.03. The summed E-state index contributed by atoms with van der Waals surface area (Å²) in [4.78, 5) is 4.58. The highest BCUT2D eigenvalue weighted by Crippen LogP contribution is 2.23. The zero-order chi connectivity index (χ0) is 19.5. The lowest BCUT2D eigenvalue weighted by atomic mass is 10.2. The van der Waals surface area contributed by atoms with Gasteiger partial charge in [-0.3, -0.25) is 4.99 Å². The molecule has 0 unspecified atom stereocenters. The molecule has 1 aliphatic heterocycles. The van der Waals surface area contributed by atoms with E-state index in [4.69, 9.17) is 4.74 Å². The number of benzene rings is 1. The van der Waals surface area contributed by atoms with E-state index in [1.54, 1.807) is 23.5 Å². The molecule has 1 fully saturated rings. The standard InChI is InChI=1S/C19H32N4O3S/c1-3-26-15-9-12-21-19(20-2)22-16-17-10-5-6-11-18(17)27(24,25)23-13-7-4-8-14-23/h5-6,10-11H,3-4,7-9,12-16H2,1-2H3,(H2,20,21,22). The van der Waals surface area contributed by atoms with Crippen molar-refractivity contribution in [2.24, 2.45) is 4.99 Å². The molecular weight excluding hydrogens is 364 g/mol. The second-order valence-corrected chi connectivity index (χ2v) is 8.38. The summed E-state index contributed by atoms with van der Waals surface area (Å²) in [6, 6.07) is 7.19. The average molecular weight is 397 g/mol. The number of guanidine groups is 1. The second kappa shape index (κ2) is 11.3. The summed E-state index contributed by atoms with van der Waals surface area (Å²) in [5.41, 5.74) is 0.750. The molecule has 7 nitrogen and oxygen atoms in total. The minimum absolute atomic E-state index is 0.381. The summed E-state index contributed by atoms with van der Waals surface area (Å²) in [6.45, 7) is 5.75. The number of ether oxygens (including phenoxy) is 1. The largest absolute Gasteiger partial charge is 0.382 e. The Morgan fingerprint density at radius 2 is 1.93 bits per heavy atom. The summed E-state index contributed by atoms with van der Waals surface area (Å²) in [5, 5.41) is 6.43. The smallest absolute Gasteiger partial charge is 0.243 e. The van der Waals surface area contributed by atoms with E-state index in [0.717, 1.165) is 44.4 Å². The van der Waals surface area contributed by atoms with Gasteiger partial charge in [-0.25, -0.2) is 8.42 Å². The first-order chi connectivity index (χ1) is 13.1. The minimum Gasteiger partial charge on any atom is -0.382 e. The monoisotopic (exact) mass is 396 g/mol. The van der Waals surface area contributed by atoms with Crippen LogP contribution in [0.4, 0.5) is 0 Å². The molecule has 0 radical (unpaired) electrons. The molecule has 27 heavy (non-hydrogen) atoms. The number of nitrogens with zero attached hydrogens (tertiary/aromatic N) is 2. The molecule has 0 aliphatic carbocycles.